The maximum atomic E-state index is 12.2. The van der Waals surface area contributed by atoms with E-state index in [1.807, 2.05) is 32.9 Å². The van der Waals surface area contributed by atoms with Crippen molar-refractivity contribution in [2.75, 3.05) is 0 Å². The highest BCUT2D eigenvalue weighted by Crippen LogP contribution is 2.16. The summed E-state index contributed by atoms with van der Waals surface area (Å²) < 4.78 is 1.55. The third-order valence-corrected chi connectivity index (χ3v) is 3.24. The van der Waals surface area contributed by atoms with Gasteiger partial charge in [0.2, 0.25) is 0 Å². The number of ketones is 1. The van der Waals surface area contributed by atoms with Gasteiger partial charge in [-0.15, -0.1) is 0 Å². The Morgan fingerprint density at radius 2 is 1.89 bits per heavy atom. The Kier molecular flexibility index (Phi) is 3.53. The summed E-state index contributed by atoms with van der Waals surface area (Å²) in [6.45, 7) is 6.23. The average molecular weight is 263 g/mol. The van der Waals surface area contributed by atoms with Crippen LogP contribution in [0.5, 0.6) is 0 Å². The summed E-state index contributed by atoms with van der Waals surface area (Å²) in [5, 5.41) is 4.56. The van der Waals surface area contributed by atoms with Crippen LogP contribution in [0.3, 0.4) is 0 Å². The summed E-state index contributed by atoms with van der Waals surface area (Å²) in [5.41, 5.74) is 4.08. The zero-order chi connectivity index (χ0) is 13.3. The number of Topliss-reactive ketones (excluding diaryl/α,β-unsaturated/α-hetero) is 1. The van der Waals surface area contributed by atoms with E-state index in [0.717, 1.165) is 16.7 Å². The summed E-state index contributed by atoms with van der Waals surface area (Å²) >= 11 is 5.77. The van der Waals surface area contributed by atoms with Crippen LogP contribution in [0.4, 0.5) is 0 Å². The lowest BCUT2D eigenvalue weighted by Crippen LogP contribution is -2.12. The highest BCUT2D eigenvalue weighted by atomic mass is 35.5. The van der Waals surface area contributed by atoms with Crippen molar-refractivity contribution in [3.63, 3.8) is 0 Å². The molecule has 0 bridgehead atoms. The Hall–Kier alpha value is -1.61. The number of hydrogen-bond donors (Lipinski definition) is 0. The predicted molar refractivity (Wildman–Crippen MR) is 72.2 cm³/mol. The average Bonchev–Trinajstić information content (AvgIpc) is 2.69. The van der Waals surface area contributed by atoms with E-state index < -0.39 is 0 Å². The lowest BCUT2D eigenvalue weighted by atomic mass is 9.98. The number of halogens is 1. The van der Waals surface area contributed by atoms with Crippen LogP contribution in [0, 0.1) is 20.8 Å². The Morgan fingerprint density at radius 3 is 2.50 bits per heavy atom. The lowest BCUT2D eigenvalue weighted by molar-refractivity contribution is 0.0967. The van der Waals surface area contributed by atoms with E-state index >= 15 is 0 Å². The van der Waals surface area contributed by atoms with E-state index in [1.54, 1.807) is 10.9 Å². The summed E-state index contributed by atoms with van der Waals surface area (Å²) in [4.78, 5) is 12.2. The number of nitrogens with zero attached hydrogens (tertiary/aromatic N) is 2. The molecule has 94 valence electrons. The maximum absolute atomic E-state index is 12.2. The highest BCUT2D eigenvalue weighted by molar-refractivity contribution is 6.30. The van der Waals surface area contributed by atoms with Crippen molar-refractivity contribution in [2.45, 2.75) is 27.3 Å². The number of rotatable bonds is 3. The molecule has 1 aromatic heterocycles. The zero-order valence-electron chi connectivity index (χ0n) is 10.7. The van der Waals surface area contributed by atoms with Crippen LogP contribution in [0.1, 0.15) is 27.0 Å². The van der Waals surface area contributed by atoms with Gasteiger partial charge in [0.25, 0.3) is 0 Å². The molecule has 0 fully saturated rings. The van der Waals surface area contributed by atoms with Crippen molar-refractivity contribution in [1.29, 1.82) is 0 Å². The van der Waals surface area contributed by atoms with Gasteiger partial charge in [0, 0.05) is 11.8 Å². The fourth-order valence-corrected chi connectivity index (χ4v) is 2.07. The molecule has 2 rings (SSSR count). The van der Waals surface area contributed by atoms with E-state index in [4.69, 9.17) is 11.6 Å². The first-order chi connectivity index (χ1) is 8.47. The van der Waals surface area contributed by atoms with Crippen molar-refractivity contribution < 1.29 is 4.79 Å². The SMILES string of the molecule is Cc1cc(C)c(C(=O)Cn2cc(Cl)cn2)cc1C. The molecule has 0 radical (unpaired) electrons. The number of benzene rings is 1. The number of carbonyl (C=O) groups is 1. The summed E-state index contributed by atoms with van der Waals surface area (Å²) in [6, 6.07) is 3.98. The second kappa shape index (κ2) is 4.94. The van der Waals surface area contributed by atoms with E-state index in [2.05, 4.69) is 5.10 Å². The van der Waals surface area contributed by atoms with Crippen molar-refractivity contribution >= 4 is 17.4 Å². The lowest BCUT2D eigenvalue weighted by Gasteiger charge is -2.09. The van der Waals surface area contributed by atoms with Gasteiger partial charge in [0.15, 0.2) is 5.78 Å². The smallest absolute Gasteiger partial charge is 0.184 e. The minimum absolute atomic E-state index is 0.0513. The quantitative estimate of drug-likeness (QED) is 0.795. The molecular formula is C14H15ClN2O. The third kappa shape index (κ3) is 2.62. The molecule has 0 aliphatic heterocycles. The largest absolute Gasteiger partial charge is 0.292 e. The molecule has 1 aromatic carbocycles. The van der Waals surface area contributed by atoms with Crippen LogP contribution in [0.2, 0.25) is 5.02 Å². The van der Waals surface area contributed by atoms with Gasteiger partial charge in [-0.05, 0) is 43.5 Å². The second-order valence-electron chi connectivity index (χ2n) is 4.53. The Morgan fingerprint density at radius 1 is 1.22 bits per heavy atom. The van der Waals surface area contributed by atoms with Crippen LogP contribution in [-0.4, -0.2) is 15.6 Å². The van der Waals surface area contributed by atoms with Crippen molar-refractivity contribution in [1.82, 2.24) is 9.78 Å². The number of aromatic nitrogens is 2. The van der Waals surface area contributed by atoms with Crippen LogP contribution in [-0.2, 0) is 6.54 Å². The molecule has 3 nitrogen and oxygen atoms in total. The topological polar surface area (TPSA) is 34.9 Å². The first-order valence-electron chi connectivity index (χ1n) is 5.76. The number of hydrogen-bond acceptors (Lipinski definition) is 2. The highest BCUT2D eigenvalue weighted by Gasteiger charge is 2.12. The Bertz CT molecular complexity index is 602. The van der Waals surface area contributed by atoms with Crippen LogP contribution >= 0.6 is 11.6 Å². The molecule has 0 amide bonds. The van der Waals surface area contributed by atoms with Gasteiger partial charge in [0.05, 0.1) is 11.2 Å². The Balaban J connectivity index is 2.26. The molecule has 0 aliphatic carbocycles. The molecule has 1 heterocycles. The third-order valence-electron chi connectivity index (χ3n) is 3.05. The minimum atomic E-state index is 0.0513. The normalized spacial score (nSPS) is 10.7. The first-order valence-corrected chi connectivity index (χ1v) is 6.14. The van der Waals surface area contributed by atoms with E-state index in [9.17, 15) is 4.79 Å². The molecule has 0 spiro atoms. The van der Waals surface area contributed by atoms with Crippen LogP contribution in [0.25, 0.3) is 0 Å². The van der Waals surface area contributed by atoms with E-state index in [0.29, 0.717) is 5.02 Å². The molecule has 0 atom stereocenters. The summed E-state index contributed by atoms with van der Waals surface area (Å²) in [6.07, 6.45) is 3.18. The fraction of sp³-hybridized carbons (Fsp3) is 0.286. The minimum Gasteiger partial charge on any atom is -0.292 e. The van der Waals surface area contributed by atoms with Crippen molar-refractivity contribution in [3.8, 4) is 0 Å². The maximum Gasteiger partial charge on any atom is 0.184 e. The van der Waals surface area contributed by atoms with Gasteiger partial charge in [0.1, 0.15) is 6.54 Å². The van der Waals surface area contributed by atoms with E-state index in [1.165, 1.54) is 11.8 Å². The predicted octanol–water partition coefficient (Wildman–Crippen LogP) is 3.34. The van der Waals surface area contributed by atoms with Gasteiger partial charge in [-0.3, -0.25) is 9.48 Å². The van der Waals surface area contributed by atoms with Crippen molar-refractivity contribution in [2.24, 2.45) is 0 Å². The number of carbonyl (C=O) groups excluding carboxylic acids is 1. The fourth-order valence-electron chi connectivity index (χ4n) is 1.92. The molecule has 18 heavy (non-hydrogen) atoms. The summed E-state index contributed by atoms with van der Waals surface area (Å²) in [7, 11) is 0. The van der Waals surface area contributed by atoms with Gasteiger partial charge < -0.3 is 0 Å². The first kappa shape index (κ1) is 12.8. The molecule has 4 heteroatoms. The van der Waals surface area contributed by atoms with Crippen LogP contribution < -0.4 is 0 Å². The van der Waals surface area contributed by atoms with Gasteiger partial charge in [-0.1, -0.05) is 17.7 Å². The molecule has 0 saturated carbocycles. The van der Waals surface area contributed by atoms with Gasteiger partial charge >= 0.3 is 0 Å². The zero-order valence-corrected chi connectivity index (χ0v) is 11.5. The summed E-state index contributed by atoms with van der Waals surface area (Å²) in [5.74, 6) is 0.0513. The molecule has 0 N–H and O–H groups in total. The Labute approximate surface area is 111 Å². The molecule has 0 aliphatic rings. The van der Waals surface area contributed by atoms with Crippen LogP contribution in [0.15, 0.2) is 24.5 Å². The molecule has 0 unspecified atom stereocenters. The standard InChI is InChI=1S/C14H15ClN2O/c1-9-4-11(3)13(5-10(9)2)14(18)8-17-7-12(15)6-16-17/h4-7H,8H2,1-3H3. The molecular weight excluding hydrogens is 248 g/mol. The monoisotopic (exact) mass is 262 g/mol. The molecule has 2 aromatic rings. The van der Waals surface area contributed by atoms with Gasteiger partial charge in [-0.25, -0.2) is 0 Å². The second-order valence-corrected chi connectivity index (χ2v) is 4.97. The van der Waals surface area contributed by atoms with E-state index in [-0.39, 0.29) is 12.3 Å². The number of aryl methyl sites for hydroxylation is 3. The molecule has 0 saturated heterocycles. The van der Waals surface area contributed by atoms with Gasteiger partial charge in [-0.2, -0.15) is 5.10 Å². The van der Waals surface area contributed by atoms with Crippen molar-refractivity contribution in [3.05, 3.63) is 51.8 Å².